The van der Waals surface area contributed by atoms with Crippen LogP contribution in [0.5, 0.6) is 5.75 Å². The van der Waals surface area contributed by atoms with Gasteiger partial charge >= 0.3 is 6.03 Å². The van der Waals surface area contributed by atoms with Gasteiger partial charge in [0.25, 0.3) is 5.91 Å². The second-order valence-electron chi connectivity index (χ2n) is 15.3. The Kier molecular flexibility index (Phi) is 9.85. The van der Waals surface area contributed by atoms with Crippen LogP contribution in [-0.4, -0.2) is 94.1 Å². The van der Waals surface area contributed by atoms with Crippen LogP contribution in [0.2, 0.25) is 5.02 Å². The van der Waals surface area contributed by atoms with Gasteiger partial charge in [-0.3, -0.25) is 24.5 Å². The van der Waals surface area contributed by atoms with Crippen LogP contribution in [0.15, 0.2) is 54.7 Å². The number of halogens is 1. The van der Waals surface area contributed by atoms with Crippen molar-refractivity contribution in [2.45, 2.75) is 70.1 Å². The van der Waals surface area contributed by atoms with Crippen molar-refractivity contribution < 1.29 is 19.1 Å². The molecular formula is C39H43ClN10O4. The van der Waals surface area contributed by atoms with Crippen molar-refractivity contribution in [1.82, 2.24) is 35.5 Å². The first-order valence-corrected chi connectivity index (χ1v) is 19.1. The Hall–Kier alpha value is -5.26. The highest BCUT2D eigenvalue weighted by molar-refractivity contribution is 6.31. The van der Waals surface area contributed by atoms with Crippen LogP contribution in [0.4, 0.5) is 16.3 Å². The normalized spacial score (nSPS) is 22.0. The van der Waals surface area contributed by atoms with E-state index in [1.165, 1.54) is 0 Å². The van der Waals surface area contributed by atoms with Crippen LogP contribution in [0.3, 0.4) is 0 Å². The van der Waals surface area contributed by atoms with E-state index in [1.54, 1.807) is 29.2 Å². The summed E-state index contributed by atoms with van der Waals surface area (Å²) in [4.78, 5) is 43.6. The molecule has 2 aromatic heterocycles. The number of carbonyl (C=O) groups is 3. The molecule has 15 heteroatoms. The molecule has 4 aliphatic rings. The minimum atomic E-state index is -0.388. The summed E-state index contributed by atoms with van der Waals surface area (Å²) < 4.78 is 8.19. The molecule has 4 aromatic rings. The molecule has 0 radical (unpaired) electrons. The number of nitrogens with one attached hydrogen (secondary N) is 2. The second kappa shape index (κ2) is 14.9. The van der Waals surface area contributed by atoms with Crippen LogP contribution in [0, 0.1) is 16.7 Å². The van der Waals surface area contributed by atoms with Crippen molar-refractivity contribution >= 4 is 51.9 Å². The summed E-state index contributed by atoms with van der Waals surface area (Å²) in [5.74, 6) is 0.964. The summed E-state index contributed by atoms with van der Waals surface area (Å²) in [6.45, 7) is 7.36. The number of hydrogen-bond donors (Lipinski definition) is 2. The Morgan fingerprint density at radius 1 is 1.04 bits per heavy atom. The maximum absolute atomic E-state index is 13.0. The Labute approximate surface area is 318 Å². The van der Waals surface area contributed by atoms with Crippen molar-refractivity contribution in [2.24, 2.45) is 5.41 Å². The number of hydrogen-bond acceptors (Lipinski definition) is 10. The SMILES string of the molecule is CC1(CN2CCC(n3ncc4c(N5CCC(=O)NC5=O)cccc43)CC2)CN(c2ccc(C(=O)N[C@H]3CC[C@H](Oc4ccc(C#N)c(Cl)c4)CC3)nn2)C1. The zero-order chi connectivity index (χ0) is 37.4. The number of rotatable bonds is 9. The zero-order valence-corrected chi connectivity index (χ0v) is 31.0. The van der Waals surface area contributed by atoms with Crippen molar-refractivity contribution in [3.8, 4) is 11.8 Å². The lowest BCUT2D eigenvalue weighted by Gasteiger charge is -2.51. The van der Waals surface area contributed by atoms with E-state index in [0.717, 1.165) is 93.7 Å². The van der Waals surface area contributed by atoms with Gasteiger partial charge in [0, 0.05) is 68.6 Å². The third-order valence-corrected chi connectivity index (χ3v) is 11.5. The summed E-state index contributed by atoms with van der Waals surface area (Å²) >= 11 is 6.15. The van der Waals surface area contributed by atoms with E-state index in [2.05, 4.69) is 54.4 Å². The largest absolute Gasteiger partial charge is 0.490 e. The molecule has 1 aliphatic carbocycles. The fourth-order valence-corrected chi connectivity index (χ4v) is 8.64. The van der Waals surface area contributed by atoms with Gasteiger partial charge in [-0.1, -0.05) is 24.6 Å². The monoisotopic (exact) mass is 750 g/mol. The van der Waals surface area contributed by atoms with Gasteiger partial charge in [0.1, 0.15) is 11.8 Å². The number of imide groups is 1. The van der Waals surface area contributed by atoms with E-state index in [-0.39, 0.29) is 47.9 Å². The minimum Gasteiger partial charge on any atom is -0.490 e. The number of aromatic nitrogens is 4. The van der Waals surface area contributed by atoms with E-state index < -0.39 is 0 Å². The molecule has 0 atom stereocenters. The summed E-state index contributed by atoms with van der Waals surface area (Å²) in [5, 5.41) is 29.4. The van der Waals surface area contributed by atoms with Gasteiger partial charge in [-0.05, 0) is 74.9 Å². The van der Waals surface area contributed by atoms with E-state index in [0.29, 0.717) is 28.6 Å². The van der Waals surface area contributed by atoms with E-state index in [4.69, 9.17) is 26.7 Å². The Balaban J connectivity index is 0.779. The van der Waals surface area contributed by atoms with Crippen molar-refractivity contribution in [1.29, 1.82) is 5.26 Å². The molecule has 3 saturated heterocycles. The average Bonchev–Trinajstić information content (AvgIpc) is 3.60. The molecule has 8 rings (SSSR count). The highest BCUT2D eigenvalue weighted by Gasteiger charge is 2.41. The van der Waals surface area contributed by atoms with Crippen molar-refractivity contribution in [3.63, 3.8) is 0 Å². The van der Waals surface area contributed by atoms with Gasteiger partial charge in [-0.2, -0.15) is 10.4 Å². The van der Waals surface area contributed by atoms with Crippen molar-refractivity contribution in [3.05, 3.63) is 71.0 Å². The standard InChI is InChI=1S/C39H43ClN10O4/c1-39(22-47-16-13-27(14-17-47)50-34-4-2-3-33(30(34)21-42-50)49-18-15-36(51)44-38(49)53)23-48(24-39)35-12-11-32(45-46-35)37(52)43-26-6-9-28(10-7-26)54-29-8-5-25(20-41)31(40)19-29/h2-5,8,11-12,19,21,26-28H,6-7,9-10,13-18,22-24H2,1H3,(H,43,52)(H,44,51,53)/t26-,28-. The lowest BCUT2D eigenvalue weighted by atomic mass is 9.81. The van der Waals surface area contributed by atoms with Crippen LogP contribution in [0.25, 0.3) is 10.9 Å². The molecular weight excluding hydrogens is 708 g/mol. The van der Waals surface area contributed by atoms with Gasteiger partial charge < -0.3 is 19.9 Å². The lowest BCUT2D eigenvalue weighted by molar-refractivity contribution is -0.120. The number of likely N-dealkylation sites (tertiary alicyclic amines) is 1. The Morgan fingerprint density at radius 2 is 1.83 bits per heavy atom. The van der Waals surface area contributed by atoms with Crippen molar-refractivity contribution in [2.75, 3.05) is 49.1 Å². The van der Waals surface area contributed by atoms with E-state index in [1.807, 2.05) is 24.4 Å². The molecule has 0 bridgehead atoms. The number of anilines is 2. The van der Waals surface area contributed by atoms with Crippen LogP contribution in [0.1, 0.15) is 74.0 Å². The molecule has 3 aliphatic heterocycles. The van der Waals surface area contributed by atoms with E-state index in [9.17, 15) is 14.4 Å². The van der Waals surface area contributed by atoms with Gasteiger partial charge in [-0.15, -0.1) is 10.2 Å². The number of amides is 4. The third kappa shape index (κ3) is 7.43. The highest BCUT2D eigenvalue weighted by atomic mass is 35.5. The quantitative estimate of drug-likeness (QED) is 0.236. The van der Waals surface area contributed by atoms with Gasteiger partial charge in [0.2, 0.25) is 5.91 Å². The fraction of sp³-hybridized carbons (Fsp3) is 0.462. The molecule has 5 heterocycles. The summed E-state index contributed by atoms with van der Waals surface area (Å²) in [5.41, 5.74) is 2.64. The Morgan fingerprint density at radius 3 is 2.54 bits per heavy atom. The van der Waals surface area contributed by atoms with Gasteiger partial charge in [0.15, 0.2) is 11.5 Å². The summed E-state index contributed by atoms with van der Waals surface area (Å²) in [6, 6.07) is 16.6. The number of carbonyl (C=O) groups excluding carboxylic acids is 3. The number of ether oxygens (including phenoxy) is 1. The first-order chi connectivity index (χ1) is 26.1. The molecule has 2 aromatic carbocycles. The third-order valence-electron chi connectivity index (χ3n) is 11.2. The number of nitriles is 1. The van der Waals surface area contributed by atoms with Crippen LogP contribution < -0.4 is 25.2 Å². The predicted octanol–water partition coefficient (Wildman–Crippen LogP) is 5.08. The molecule has 280 valence electrons. The second-order valence-corrected chi connectivity index (χ2v) is 15.7. The van der Waals surface area contributed by atoms with Crippen LogP contribution >= 0.6 is 11.6 Å². The molecule has 4 amide bonds. The summed E-state index contributed by atoms with van der Waals surface area (Å²) in [6.07, 6.45) is 7.31. The summed E-state index contributed by atoms with van der Waals surface area (Å²) in [7, 11) is 0. The minimum absolute atomic E-state index is 0.0283. The number of fused-ring (bicyclic) bond motifs is 1. The number of nitrogens with zero attached hydrogens (tertiary/aromatic N) is 8. The van der Waals surface area contributed by atoms with Gasteiger partial charge in [0.05, 0.1) is 40.1 Å². The molecule has 0 spiro atoms. The predicted molar refractivity (Wildman–Crippen MR) is 203 cm³/mol. The van der Waals surface area contributed by atoms with Crippen LogP contribution in [-0.2, 0) is 4.79 Å². The molecule has 2 N–H and O–H groups in total. The smallest absolute Gasteiger partial charge is 0.328 e. The van der Waals surface area contributed by atoms with Gasteiger partial charge in [-0.25, -0.2) is 4.79 Å². The highest BCUT2D eigenvalue weighted by Crippen LogP contribution is 2.37. The number of urea groups is 1. The molecule has 1 saturated carbocycles. The molecule has 0 unspecified atom stereocenters. The fourth-order valence-electron chi connectivity index (χ4n) is 8.43. The molecule has 54 heavy (non-hydrogen) atoms. The number of benzene rings is 2. The maximum atomic E-state index is 13.0. The maximum Gasteiger partial charge on any atom is 0.328 e. The molecule has 14 nitrogen and oxygen atoms in total. The number of piperidine rings is 1. The molecule has 4 fully saturated rings. The lowest BCUT2D eigenvalue weighted by Crippen LogP contribution is -2.60. The average molecular weight is 751 g/mol. The first-order valence-electron chi connectivity index (χ1n) is 18.7. The first kappa shape index (κ1) is 35.8. The van der Waals surface area contributed by atoms with E-state index >= 15 is 0 Å². The zero-order valence-electron chi connectivity index (χ0n) is 30.2. The topological polar surface area (TPSA) is 162 Å². The Bertz CT molecular complexity index is 2090.